The molecule has 1 heterocycles. The van der Waals surface area contributed by atoms with Crippen molar-refractivity contribution in [1.82, 2.24) is 0 Å². The van der Waals surface area contributed by atoms with Gasteiger partial charge in [-0.3, -0.25) is 0 Å². The highest BCUT2D eigenvalue weighted by atomic mass is 16.6. The number of hydrogen-bond donors (Lipinski definition) is 0. The molecule has 0 saturated heterocycles. The summed E-state index contributed by atoms with van der Waals surface area (Å²) in [6.45, 7) is 1.52. The standard InChI is InChI=1S/C16H16O4/c1-17-13-7-8-14(16-15(13)18-9-10-19-16)20-11-12-5-3-2-4-6-12/h2-8H,9-11H2,1H3. The van der Waals surface area contributed by atoms with Crippen LogP contribution in [0.2, 0.25) is 0 Å². The van der Waals surface area contributed by atoms with Gasteiger partial charge in [0.1, 0.15) is 19.8 Å². The Morgan fingerprint density at radius 3 is 2.25 bits per heavy atom. The predicted octanol–water partition coefficient (Wildman–Crippen LogP) is 3.05. The maximum atomic E-state index is 5.83. The van der Waals surface area contributed by atoms with E-state index in [1.54, 1.807) is 7.11 Å². The van der Waals surface area contributed by atoms with Gasteiger partial charge in [0.15, 0.2) is 11.5 Å². The van der Waals surface area contributed by atoms with Crippen molar-refractivity contribution in [2.24, 2.45) is 0 Å². The highest BCUT2D eigenvalue weighted by Gasteiger charge is 2.21. The molecule has 0 N–H and O–H groups in total. The molecular weight excluding hydrogens is 256 g/mol. The maximum Gasteiger partial charge on any atom is 0.207 e. The summed E-state index contributed by atoms with van der Waals surface area (Å²) in [6, 6.07) is 13.7. The van der Waals surface area contributed by atoms with Crippen molar-refractivity contribution >= 4 is 0 Å². The molecule has 0 radical (unpaired) electrons. The lowest BCUT2D eigenvalue weighted by molar-refractivity contribution is 0.155. The molecule has 0 amide bonds. The van der Waals surface area contributed by atoms with Crippen LogP contribution in [0.1, 0.15) is 5.56 Å². The Hall–Kier alpha value is -2.36. The topological polar surface area (TPSA) is 36.9 Å². The molecule has 0 saturated carbocycles. The summed E-state index contributed by atoms with van der Waals surface area (Å²) in [6.07, 6.45) is 0. The monoisotopic (exact) mass is 272 g/mol. The average molecular weight is 272 g/mol. The number of fused-ring (bicyclic) bond motifs is 1. The Morgan fingerprint density at radius 1 is 0.900 bits per heavy atom. The molecular formula is C16H16O4. The first-order chi connectivity index (χ1) is 9.88. The van der Waals surface area contributed by atoms with Crippen molar-refractivity contribution in [3.05, 3.63) is 48.0 Å². The van der Waals surface area contributed by atoms with Crippen molar-refractivity contribution in [3.63, 3.8) is 0 Å². The number of benzene rings is 2. The van der Waals surface area contributed by atoms with Crippen LogP contribution in [0.25, 0.3) is 0 Å². The van der Waals surface area contributed by atoms with Gasteiger partial charge in [-0.1, -0.05) is 30.3 Å². The van der Waals surface area contributed by atoms with Crippen molar-refractivity contribution in [2.45, 2.75) is 6.61 Å². The van der Waals surface area contributed by atoms with Crippen LogP contribution in [0, 0.1) is 0 Å². The quantitative estimate of drug-likeness (QED) is 0.857. The minimum atomic E-state index is 0.489. The summed E-state index contributed by atoms with van der Waals surface area (Å²) >= 11 is 0. The minimum absolute atomic E-state index is 0.489. The van der Waals surface area contributed by atoms with Gasteiger partial charge in [0, 0.05) is 0 Å². The van der Waals surface area contributed by atoms with Gasteiger partial charge in [0.25, 0.3) is 0 Å². The van der Waals surface area contributed by atoms with E-state index in [4.69, 9.17) is 18.9 Å². The lowest BCUT2D eigenvalue weighted by Crippen LogP contribution is -2.16. The van der Waals surface area contributed by atoms with E-state index in [9.17, 15) is 0 Å². The van der Waals surface area contributed by atoms with Crippen LogP contribution < -0.4 is 18.9 Å². The lowest BCUT2D eigenvalue weighted by Gasteiger charge is -2.22. The Morgan fingerprint density at radius 2 is 1.55 bits per heavy atom. The molecule has 0 bridgehead atoms. The smallest absolute Gasteiger partial charge is 0.207 e. The minimum Gasteiger partial charge on any atom is -0.493 e. The van der Waals surface area contributed by atoms with Gasteiger partial charge in [0.05, 0.1) is 7.11 Å². The molecule has 0 atom stereocenters. The number of hydrogen-bond acceptors (Lipinski definition) is 4. The van der Waals surface area contributed by atoms with Gasteiger partial charge in [-0.2, -0.15) is 0 Å². The Bertz CT molecular complexity index is 581. The molecule has 1 aliphatic rings. The average Bonchev–Trinajstić information content (AvgIpc) is 2.53. The van der Waals surface area contributed by atoms with Gasteiger partial charge < -0.3 is 18.9 Å². The molecule has 0 fully saturated rings. The summed E-state index contributed by atoms with van der Waals surface area (Å²) in [5.41, 5.74) is 1.11. The fourth-order valence-electron chi connectivity index (χ4n) is 2.10. The van der Waals surface area contributed by atoms with E-state index in [-0.39, 0.29) is 0 Å². The lowest BCUT2D eigenvalue weighted by atomic mass is 10.2. The van der Waals surface area contributed by atoms with E-state index >= 15 is 0 Å². The van der Waals surface area contributed by atoms with Gasteiger partial charge in [0.2, 0.25) is 11.5 Å². The number of rotatable bonds is 4. The SMILES string of the molecule is COc1ccc(OCc2ccccc2)c2c1OCCO2. The van der Waals surface area contributed by atoms with Crippen molar-refractivity contribution in [1.29, 1.82) is 0 Å². The van der Waals surface area contributed by atoms with Crippen molar-refractivity contribution < 1.29 is 18.9 Å². The van der Waals surface area contributed by atoms with Crippen molar-refractivity contribution in [3.8, 4) is 23.0 Å². The largest absolute Gasteiger partial charge is 0.493 e. The van der Waals surface area contributed by atoms with E-state index in [0.29, 0.717) is 42.8 Å². The summed E-state index contributed by atoms with van der Waals surface area (Å²) < 4.78 is 22.4. The second kappa shape index (κ2) is 5.74. The van der Waals surface area contributed by atoms with Crippen LogP contribution >= 0.6 is 0 Å². The van der Waals surface area contributed by atoms with Crippen LogP contribution in [0.5, 0.6) is 23.0 Å². The predicted molar refractivity (Wildman–Crippen MR) is 74.8 cm³/mol. The Balaban J connectivity index is 1.83. The molecule has 0 unspecified atom stereocenters. The fourth-order valence-corrected chi connectivity index (χ4v) is 2.10. The van der Waals surface area contributed by atoms with Crippen LogP contribution in [0.4, 0.5) is 0 Å². The molecule has 104 valence electrons. The Kier molecular flexibility index (Phi) is 3.63. The molecule has 20 heavy (non-hydrogen) atoms. The first kappa shape index (κ1) is 12.7. The molecule has 3 rings (SSSR count). The highest BCUT2D eigenvalue weighted by Crippen LogP contribution is 2.45. The summed E-state index contributed by atoms with van der Waals surface area (Å²) in [5, 5.41) is 0. The van der Waals surface area contributed by atoms with E-state index in [1.165, 1.54) is 0 Å². The van der Waals surface area contributed by atoms with E-state index in [0.717, 1.165) is 5.56 Å². The molecule has 0 aromatic heterocycles. The summed E-state index contributed by atoms with van der Waals surface area (Å²) in [4.78, 5) is 0. The van der Waals surface area contributed by atoms with Gasteiger partial charge in [-0.05, 0) is 17.7 Å². The van der Waals surface area contributed by atoms with Crippen LogP contribution in [0.3, 0.4) is 0 Å². The molecule has 4 nitrogen and oxygen atoms in total. The van der Waals surface area contributed by atoms with Gasteiger partial charge in [-0.25, -0.2) is 0 Å². The Labute approximate surface area is 117 Å². The summed E-state index contributed by atoms with van der Waals surface area (Å²) in [7, 11) is 1.61. The second-order valence-electron chi connectivity index (χ2n) is 4.40. The third-order valence-corrected chi connectivity index (χ3v) is 3.07. The molecule has 4 heteroatoms. The zero-order valence-electron chi connectivity index (χ0n) is 11.3. The molecule has 0 spiro atoms. The zero-order valence-corrected chi connectivity index (χ0v) is 11.3. The molecule has 1 aliphatic heterocycles. The van der Waals surface area contributed by atoms with E-state index < -0.39 is 0 Å². The number of methoxy groups -OCH3 is 1. The first-order valence-corrected chi connectivity index (χ1v) is 6.52. The van der Waals surface area contributed by atoms with Gasteiger partial charge in [-0.15, -0.1) is 0 Å². The van der Waals surface area contributed by atoms with Crippen LogP contribution in [0.15, 0.2) is 42.5 Å². The summed E-state index contributed by atoms with van der Waals surface area (Å²) in [5.74, 6) is 2.56. The normalized spacial score (nSPS) is 12.8. The fraction of sp³-hybridized carbons (Fsp3) is 0.250. The van der Waals surface area contributed by atoms with Crippen molar-refractivity contribution in [2.75, 3.05) is 20.3 Å². The van der Waals surface area contributed by atoms with Crippen LogP contribution in [-0.2, 0) is 6.61 Å². The second-order valence-corrected chi connectivity index (χ2v) is 4.40. The van der Waals surface area contributed by atoms with Gasteiger partial charge >= 0.3 is 0 Å². The van der Waals surface area contributed by atoms with E-state index in [2.05, 4.69) is 0 Å². The van der Waals surface area contributed by atoms with Crippen LogP contribution in [-0.4, -0.2) is 20.3 Å². The number of ether oxygens (including phenoxy) is 4. The molecule has 2 aromatic rings. The van der Waals surface area contributed by atoms with E-state index in [1.807, 2.05) is 42.5 Å². The first-order valence-electron chi connectivity index (χ1n) is 6.52. The zero-order chi connectivity index (χ0) is 13.8. The maximum absolute atomic E-state index is 5.83. The molecule has 0 aliphatic carbocycles. The third kappa shape index (κ3) is 2.50. The molecule has 2 aromatic carbocycles. The third-order valence-electron chi connectivity index (χ3n) is 3.07. The highest BCUT2D eigenvalue weighted by molar-refractivity contribution is 5.59.